The van der Waals surface area contributed by atoms with Crippen LogP contribution >= 0.6 is 0 Å². The summed E-state index contributed by atoms with van der Waals surface area (Å²) in [5.74, 6) is 1.88. The van der Waals surface area contributed by atoms with Crippen molar-refractivity contribution in [1.82, 2.24) is 15.0 Å². The van der Waals surface area contributed by atoms with E-state index >= 15 is 0 Å². The van der Waals surface area contributed by atoms with Gasteiger partial charge in [-0.05, 0) is 24.5 Å². The molecule has 0 bridgehead atoms. The lowest BCUT2D eigenvalue weighted by Crippen LogP contribution is -2.19. The third-order valence-electron chi connectivity index (χ3n) is 3.28. The van der Waals surface area contributed by atoms with Crippen LogP contribution in [0.1, 0.15) is 18.4 Å². The monoisotopic (exact) mass is 255 g/mol. The summed E-state index contributed by atoms with van der Waals surface area (Å²) in [5, 5.41) is 3.31. The number of pyridine rings is 1. The fourth-order valence-electron chi connectivity index (χ4n) is 2.26. The number of aromatic nitrogens is 3. The van der Waals surface area contributed by atoms with Crippen molar-refractivity contribution in [1.29, 1.82) is 0 Å². The predicted octanol–water partition coefficient (Wildman–Crippen LogP) is 2.08. The average Bonchev–Trinajstić information content (AvgIpc) is 3.01. The van der Waals surface area contributed by atoms with Gasteiger partial charge in [0, 0.05) is 38.1 Å². The molecule has 0 aliphatic carbocycles. The van der Waals surface area contributed by atoms with Crippen molar-refractivity contribution in [3.05, 3.63) is 42.5 Å². The van der Waals surface area contributed by atoms with Gasteiger partial charge < -0.3 is 10.2 Å². The molecule has 0 amide bonds. The van der Waals surface area contributed by atoms with E-state index in [9.17, 15) is 0 Å². The first kappa shape index (κ1) is 11.9. The normalized spacial score (nSPS) is 14.6. The third-order valence-corrected chi connectivity index (χ3v) is 3.28. The second kappa shape index (κ2) is 5.65. The van der Waals surface area contributed by atoms with Crippen LogP contribution in [-0.4, -0.2) is 28.0 Å². The van der Waals surface area contributed by atoms with Crippen LogP contribution in [0.5, 0.6) is 0 Å². The van der Waals surface area contributed by atoms with Crippen LogP contribution in [0.2, 0.25) is 0 Å². The molecule has 5 heteroatoms. The standard InChI is InChI=1S/C14H17N5/c1-2-7-19(6-1)14-8-13(17-11-18-14)16-10-12-4-3-5-15-9-12/h3-5,8-9,11H,1-2,6-7,10H2,(H,16,17,18). The van der Waals surface area contributed by atoms with Crippen molar-refractivity contribution in [2.24, 2.45) is 0 Å². The highest BCUT2D eigenvalue weighted by Gasteiger charge is 2.13. The van der Waals surface area contributed by atoms with Crippen LogP contribution in [0.3, 0.4) is 0 Å². The Balaban J connectivity index is 1.66. The van der Waals surface area contributed by atoms with Gasteiger partial charge in [0.15, 0.2) is 0 Å². The molecule has 0 unspecified atom stereocenters. The van der Waals surface area contributed by atoms with Crippen molar-refractivity contribution < 1.29 is 0 Å². The average molecular weight is 255 g/mol. The number of hydrogen-bond acceptors (Lipinski definition) is 5. The molecule has 1 fully saturated rings. The minimum absolute atomic E-state index is 0.726. The van der Waals surface area contributed by atoms with Gasteiger partial charge in [0.05, 0.1) is 0 Å². The summed E-state index contributed by atoms with van der Waals surface area (Å²) in [6.07, 6.45) is 7.76. The molecule has 5 nitrogen and oxygen atoms in total. The summed E-state index contributed by atoms with van der Waals surface area (Å²) in [6, 6.07) is 6.00. The molecule has 1 N–H and O–H groups in total. The van der Waals surface area contributed by atoms with Crippen molar-refractivity contribution in [2.75, 3.05) is 23.3 Å². The highest BCUT2D eigenvalue weighted by molar-refractivity contribution is 5.49. The summed E-state index contributed by atoms with van der Waals surface area (Å²) in [4.78, 5) is 15.0. The summed E-state index contributed by atoms with van der Waals surface area (Å²) in [5.41, 5.74) is 1.14. The Morgan fingerprint density at radius 1 is 1.21 bits per heavy atom. The van der Waals surface area contributed by atoms with Crippen LogP contribution in [0, 0.1) is 0 Å². The van der Waals surface area contributed by atoms with Crippen molar-refractivity contribution in [3.8, 4) is 0 Å². The molecule has 1 aliphatic heterocycles. The zero-order chi connectivity index (χ0) is 12.9. The van der Waals surface area contributed by atoms with E-state index in [-0.39, 0.29) is 0 Å². The quantitative estimate of drug-likeness (QED) is 0.906. The number of rotatable bonds is 4. The number of anilines is 2. The van der Waals surface area contributed by atoms with Gasteiger partial charge in [-0.15, -0.1) is 0 Å². The zero-order valence-electron chi connectivity index (χ0n) is 10.8. The Morgan fingerprint density at radius 2 is 2.11 bits per heavy atom. The maximum absolute atomic E-state index is 4.34. The van der Waals surface area contributed by atoms with E-state index < -0.39 is 0 Å². The number of nitrogens with zero attached hydrogens (tertiary/aromatic N) is 4. The van der Waals surface area contributed by atoms with Crippen molar-refractivity contribution in [2.45, 2.75) is 19.4 Å². The van der Waals surface area contributed by atoms with E-state index in [1.807, 2.05) is 24.4 Å². The highest BCUT2D eigenvalue weighted by atomic mass is 15.2. The van der Waals surface area contributed by atoms with Crippen molar-refractivity contribution >= 4 is 11.6 Å². The molecule has 3 heterocycles. The van der Waals surface area contributed by atoms with Gasteiger partial charge in [-0.1, -0.05) is 6.07 Å². The summed E-state index contributed by atoms with van der Waals surface area (Å²) in [6.45, 7) is 2.92. The molecular formula is C14H17N5. The molecule has 3 rings (SSSR count). The number of nitrogens with one attached hydrogen (secondary N) is 1. The van der Waals surface area contributed by atoms with E-state index in [0.29, 0.717) is 0 Å². The molecular weight excluding hydrogens is 238 g/mol. The number of hydrogen-bond donors (Lipinski definition) is 1. The molecule has 0 spiro atoms. The fraction of sp³-hybridized carbons (Fsp3) is 0.357. The lowest BCUT2D eigenvalue weighted by Gasteiger charge is -2.16. The second-order valence-electron chi connectivity index (χ2n) is 4.67. The molecule has 2 aromatic heterocycles. The van der Waals surface area contributed by atoms with Gasteiger partial charge >= 0.3 is 0 Å². The first-order chi connectivity index (χ1) is 9.42. The first-order valence-electron chi connectivity index (χ1n) is 6.61. The maximum atomic E-state index is 4.34. The minimum Gasteiger partial charge on any atom is -0.366 e. The van der Waals surface area contributed by atoms with Crippen LogP contribution in [0.15, 0.2) is 36.9 Å². The topological polar surface area (TPSA) is 53.9 Å². The largest absolute Gasteiger partial charge is 0.366 e. The summed E-state index contributed by atoms with van der Waals surface area (Å²) < 4.78 is 0. The van der Waals surface area contributed by atoms with E-state index in [2.05, 4.69) is 25.2 Å². The Kier molecular flexibility index (Phi) is 3.54. The summed E-state index contributed by atoms with van der Waals surface area (Å²) in [7, 11) is 0. The van der Waals surface area contributed by atoms with Crippen LogP contribution < -0.4 is 10.2 Å². The Labute approximate surface area is 112 Å². The van der Waals surface area contributed by atoms with Crippen molar-refractivity contribution in [3.63, 3.8) is 0 Å². The molecule has 1 aliphatic rings. The van der Waals surface area contributed by atoms with E-state index in [1.54, 1.807) is 12.5 Å². The first-order valence-corrected chi connectivity index (χ1v) is 6.61. The van der Waals surface area contributed by atoms with Gasteiger partial charge in [0.25, 0.3) is 0 Å². The van der Waals surface area contributed by atoms with Gasteiger partial charge in [0.1, 0.15) is 18.0 Å². The molecule has 0 radical (unpaired) electrons. The second-order valence-corrected chi connectivity index (χ2v) is 4.67. The molecule has 1 saturated heterocycles. The Bertz CT molecular complexity index is 522. The molecule has 19 heavy (non-hydrogen) atoms. The van der Waals surface area contributed by atoms with Gasteiger partial charge in [-0.25, -0.2) is 9.97 Å². The fourth-order valence-corrected chi connectivity index (χ4v) is 2.26. The molecule has 0 aromatic carbocycles. The zero-order valence-corrected chi connectivity index (χ0v) is 10.8. The molecule has 2 aromatic rings. The highest BCUT2D eigenvalue weighted by Crippen LogP contribution is 2.19. The van der Waals surface area contributed by atoms with E-state index in [1.165, 1.54) is 12.8 Å². The van der Waals surface area contributed by atoms with E-state index in [4.69, 9.17) is 0 Å². The molecule has 0 atom stereocenters. The Hall–Kier alpha value is -2.17. The van der Waals surface area contributed by atoms with Crippen LogP contribution in [-0.2, 0) is 6.54 Å². The molecule has 98 valence electrons. The van der Waals surface area contributed by atoms with Crippen LogP contribution in [0.4, 0.5) is 11.6 Å². The smallest absolute Gasteiger partial charge is 0.134 e. The SMILES string of the molecule is c1cncc(CNc2cc(N3CCCC3)ncn2)c1. The van der Waals surface area contributed by atoms with E-state index in [0.717, 1.165) is 36.8 Å². The van der Waals surface area contributed by atoms with Gasteiger partial charge in [-0.2, -0.15) is 0 Å². The van der Waals surface area contributed by atoms with Gasteiger partial charge in [0.2, 0.25) is 0 Å². The minimum atomic E-state index is 0.726. The Morgan fingerprint density at radius 3 is 2.89 bits per heavy atom. The predicted molar refractivity (Wildman–Crippen MR) is 75.0 cm³/mol. The molecule has 0 saturated carbocycles. The van der Waals surface area contributed by atoms with Crippen LogP contribution in [0.25, 0.3) is 0 Å². The maximum Gasteiger partial charge on any atom is 0.134 e. The lowest BCUT2D eigenvalue weighted by atomic mass is 10.3. The summed E-state index contributed by atoms with van der Waals surface area (Å²) >= 11 is 0. The lowest BCUT2D eigenvalue weighted by molar-refractivity contribution is 0.925. The van der Waals surface area contributed by atoms with Gasteiger partial charge in [-0.3, -0.25) is 4.98 Å². The third kappa shape index (κ3) is 2.99.